The second-order valence-electron chi connectivity index (χ2n) is 1.29. The van der Waals surface area contributed by atoms with E-state index < -0.39 is 0 Å². The maximum atomic E-state index is 4.85. The van der Waals surface area contributed by atoms with Crippen LogP contribution in [-0.2, 0) is 20.8 Å². The zero-order valence-corrected chi connectivity index (χ0v) is 9.13. The molecular weight excluding hydrogens is 244 g/mol. The minimum absolute atomic E-state index is 0. The number of pyridine rings is 1. The van der Waals surface area contributed by atoms with E-state index in [2.05, 4.69) is 4.98 Å². The molecule has 0 bridgehead atoms. The summed E-state index contributed by atoms with van der Waals surface area (Å²) in [4.78, 5) is 3.83. The third kappa shape index (κ3) is 6.91. The fourth-order valence-corrected chi connectivity index (χ4v) is 0.596. The molecule has 0 aliphatic rings. The standard InChI is InChI=1S/C5H5NO.3ClH.Ti/c7-5-2-1-3-6-4-5;;;;/h1-4,7H;3*1H;/q;;;;+4/p-4. The third-order valence-corrected chi connectivity index (χ3v) is 1.12. The Kier molecular flexibility index (Phi) is 16.8. The summed E-state index contributed by atoms with van der Waals surface area (Å²) in [5.41, 5.74) is 0. The molecule has 1 aromatic rings. The summed E-state index contributed by atoms with van der Waals surface area (Å²) in [5.74, 6) is 0.799. The van der Waals surface area contributed by atoms with Crippen molar-refractivity contribution in [3.8, 4) is 5.75 Å². The number of rotatable bonds is 1. The van der Waals surface area contributed by atoms with Crippen molar-refractivity contribution < 1.29 is 61.4 Å². The average Bonchev–Trinajstić information content (AvgIpc) is 1.90. The van der Waals surface area contributed by atoms with Crippen molar-refractivity contribution in [1.29, 1.82) is 0 Å². The van der Waals surface area contributed by atoms with Crippen LogP contribution in [0.5, 0.6) is 5.75 Å². The van der Waals surface area contributed by atoms with Crippen molar-refractivity contribution in [2.45, 2.75) is 0 Å². The van der Waals surface area contributed by atoms with Gasteiger partial charge < -0.3 is 37.2 Å². The van der Waals surface area contributed by atoms with Gasteiger partial charge in [-0.1, -0.05) is 0 Å². The van der Waals surface area contributed by atoms with Crippen LogP contribution >= 0.6 is 0 Å². The molecule has 0 spiro atoms. The zero-order chi connectivity index (χ0) is 5.82. The molecule has 0 fully saturated rings. The molecular formula is C5H4Cl3NOTi. The first-order chi connectivity index (χ1) is 3.93. The van der Waals surface area contributed by atoms with E-state index in [1.54, 1.807) is 33.2 Å². The van der Waals surface area contributed by atoms with Gasteiger partial charge in [-0.25, -0.2) is 0 Å². The SMILES string of the molecule is [Cl-].[Cl-].[Cl-].[Ti+3][O]c1cccnc1. The van der Waals surface area contributed by atoms with Crippen molar-refractivity contribution in [2.24, 2.45) is 0 Å². The van der Waals surface area contributed by atoms with Crippen molar-refractivity contribution >= 4 is 0 Å². The predicted molar refractivity (Wildman–Crippen MR) is 24.9 cm³/mol. The third-order valence-electron chi connectivity index (χ3n) is 0.752. The summed E-state index contributed by atoms with van der Waals surface area (Å²) in [6.45, 7) is 0. The Hall–Kier alpha value is 0.534. The van der Waals surface area contributed by atoms with E-state index >= 15 is 0 Å². The summed E-state index contributed by atoms with van der Waals surface area (Å²) in [7, 11) is 0. The van der Waals surface area contributed by atoms with Gasteiger partial charge in [0.1, 0.15) is 0 Å². The molecule has 60 valence electrons. The van der Waals surface area contributed by atoms with E-state index in [0.29, 0.717) is 0 Å². The van der Waals surface area contributed by atoms with Gasteiger partial charge in [0.25, 0.3) is 0 Å². The Morgan fingerprint density at radius 3 is 2.18 bits per heavy atom. The van der Waals surface area contributed by atoms with E-state index in [9.17, 15) is 0 Å². The Morgan fingerprint density at radius 1 is 1.27 bits per heavy atom. The summed E-state index contributed by atoms with van der Waals surface area (Å²) < 4.78 is 4.85. The molecule has 0 saturated heterocycles. The van der Waals surface area contributed by atoms with Gasteiger partial charge in [-0.05, 0) is 0 Å². The summed E-state index contributed by atoms with van der Waals surface area (Å²) >= 11 is 1.62. The van der Waals surface area contributed by atoms with Crippen LogP contribution in [0.15, 0.2) is 24.5 Å². The Balaban J connectivity index is -0.000000213. The molecule has 0 atom stereocenters. The van der Waals surface area contributed by atoms with Crippen LogP contribution in [0.2, 0.25) is 0 Å². The molecule has 2 nitrogen and oxygen atoms in total. The molecule has 0 saturated carbocycles. The molecule has 6 heteroatoms. The molecule has 0 N–H and O–H groups in total. The van der Waals surface area contributed by atoms with E-state index in [1.807, 2.05) is 12.1 Å². The van der Waals surface area contributed by atoms with Crippen molar-refractivity contribution in [2.75, 3.05) is 0 Å². The molecule has 0 aromatic carbocycles. The van der Waals surface area contributed by atoms with Crippen molar-refractivity contribution in [1.82, 2.24) is 4.98 Å². The first-order valence-electron chi connectivity index (χ1n) is 2.17. The van der Waals surface area contributed by atoms with Gasteiger partial charge in [0.2, 0.25) is 0 Å². The van der Waals surface area contributed by atoms with Gasteiger partial charge in [0, 0.05) is 0 Å². The minimum atomic E-state index is 0. The van der Waals surface area contributed by atoms with Gasteiger partial charge >= 0.3 is 59.4 Å². The molecule has 11 heavy (non-hydrogen) atoms. The van der Waals surface area contributed by atoms with Crippen LogP contribution in [0.3, 0.4) is 0 Å². The first kappa shape index (κ1) is 17.6. The molecule has 0 amide bonds. The Morgan fingerprint density at radius 2 is 1.91 bits per heavy atom. The fraction of sp³-hybridized carbons (Fsp3) is 0. The Labute approximate surface area is 96.2 Å². The predicted octanol–water partition coefficient (Wildman–Crippen LogP) is -8.07. The first-order valence-corrected chi connectivity index (χ1v) is 2.81. The molecule has 0 aliphatic carbocycles. The topological polar surface area (TPSA) is 22.1 Å². The summed E-state index contributed by atoms with van der Waals surface area (Å²) in [6, 6.07) is 3.69. The molecule has 1 rings (SSSR count). The number of hydrogen-bond acceptors (Lipinski definition) is 2. The van der Waals surface area contributed by atoms with E-state index in [4.69, 9.17) is 3.32 Å². The van der Waals surface area contributed by atoms with Crippen LogP contribution in [-0.4, -0.2) is 4.98 Å². The molecule has 1 heterocycles. The normalized spacial score (nSPS) is 6.36. The monoisotopic (exact) mass is 247 g/mol. The van der Waals surface area contributed by atoms with Crippen molar-refractivity contribution in [3.63, 3.8) is 0 Å². The molecule has 0 aliphatic heterocycles. The zero-order valence-electron chi connectivity index (χ0n) is 5.30. The van der Waals surface area contributed by atoms with E-state index in [1.165, 1.54) is 0 Å². The number of aromatic nitrogens is 1. The van der Waals surface area contributed by atoms with E-state index in [0.717, 1.165) is 5.75 Å². The van der Waals surface area contributed by atoms with Crippen LogP contribution in [0.4, 0.5) is 0 Å². The van der Waals surface area contributed by atoms with E-state index in [-0.39, 0.29) is 37.2 Å². The van der Waals surface area contributed by atoms with Gasteiger partial charge in [-0.15, -0.1) is 0 Å². The van der Waals surface area contributed by atoms with Gasteiger partial charge in [-0.3, -0.25) is 0 Å². The maximum absolute atomic E-state index is 4.85. The second kappa shape index (κ2) is 10.5. The molecule has 0 unspecified atom stereocenters. The van der Waals surface area contributed by atoms with Crippen LogP contribution < -0.4 is 40.5 Å². The average molecular weight is 248 g/mol. The van der Waals surface area contributed by atoms with Gasteiger partial charge in [0.15, 0.2) is 0 Å². The number of nitrogens with zero attached hydrogens (tertiary/aromatic N) is 1. The molecule has 1 aromatic heterocycles. The second-order valence-corrected chi connectivity index (χ2v) is 1.61. The van der Waals surface area contributed by atoms with Crippen LogP contribution in [0.1, 0.15) is 0 Å². The quantitative estimate of drug-likeness (QED) is 0.461. The molecule has 0 radical (unpaired) electrons. The number of hydrogen-bond donors (Lipinski definition) is 0. The summed E-state index contributed by atoms with van der Waals surface area (Å²) in [5, 5.41) is 0. The summed E-state index contributed by atoms with van der Waals surface area (Å²) in [6.07, 6.45) is 3.38. The fourth-order valence-electron chi connectivity index (χ4n) is 0.407. The van der Waals surface area contributed by atoms with Crippen molar-refractivity contribution in [3.05, 3.63) is 24.5 Å². The number of halogens is 3. The van der Waals surface area contributed by atoms with Crippen LogP contribution in [0.25, 0.3) is 0 Å². The van der Waals surface area contributed by atoms with Crippen LogP contribution in [0, 0.1) is 0 Å². The van der Waals surface area contributed by atoms with Gasteiger partial charge in [-0.2, -0.15) is 0 Å². The van der Waals surface area contributed by atoms with Gasteiger partial charge in [0.05, 0.1) is 0 Å². The Bertz CT molecular complexity index is 163.